The summed E-state index contributed by atoms with van der Waals surface area (Å²) in [7, 11) is -3.53. The zero-order valence-corrected chi connectivity index (χ0v) is 18.7. The van der Waals surface area contributed by atoms with E-state index in [0.717, 1.165) is 5.69 Å². The molecule has 2 fully saturated rings. The molecule has 32 heavy (non-hydrogen) atoms. The molecular weight excluding hydrogens is 428 g/mol. The number of nitrogens with zero attached hydrogens (tertiary/aromatic N) is 3. The molecule has 170 valence electrons. The second kappa shape index (κ2) is 9.70. The highest BCUT2D eigenvalue weighted by Gasteiger charge is 2.34. The van der Waals surface area contributed by atoms with E-state index in [4.69, 9.17) is 0 Å². The van der Waals surface area contributed by atoms with Gasteiger partial charge in [-0.05, 0) is 37.1 Å². The van der Waals surface area contributed by atoms with E-state index in [-0.39, 0.29) is 22.8 Å². The maximum atomic E-state index is 13.0. The van der Waals surface area contributed by atoms with Gasteiger partial charge in [0.05, 0.1) is 4.90 Å². The van der Waals surface area contributed by atoms with Crippen molar-refractivity contribution in [3.63, 3.8) is 0 Å². The second-order valence-corrected chi connectivity index (χ2v) is 10.0. The van der Waals surface area contributed by atoms with Crippen molar-refractivity contribution in [2.24, 2.45) is 5.92 Å². The highest BCUT2D eigenvalue weighted by Crippen LogP contribution is 2.23. The predicted octanol–water partition coefficient (Wildman–Crippen LogP) is 2.46. The van der Waals surface area contributed by atoms with Crippen molar-refractivity contribution in [1.29, 1.82) is 0 Å². The Morgan fingerprint density at radius 3 is 1.91 bits per heavy atom. The molecule has 0 atom stereocenters. The Morgan fingerprint density at radius 1 is 0.750 bits per heavy atom. The monoisotopic (exact) mass is 456 g/mol. The average Bonchev–Trinajstić information content (AvgIpc) is 2.85. The van der Waals surface area contributed by atoms with Gasteiger partial charge >= 0.3 is 6.03 Å². The quantitative estimate of drug-likeness (QED) is 0.765. The number of likely N-dealkylation sites (tertiary alicyclic amines) is 1. The number of carbonyl (C=O) groups is 2. The molecule has 2 saturated heterocycles. The van der Waals surface area contributed by atoms with E-state index in [1.165, 1.54) is 4.31 Å². The molecule has 4 rings (SSSR count). The van der Waals surface area contributed by atoms with Crippen LogP contribution in [-0.2, 0) is 14.8 Å². The molecule has 3 amide bonds. The number of amides is 3. The summed E-state index contributed by atoms with van der Waals surface area (Å²) in [4.78, 5) is 29.2. The van der Waals surface area contributed by atoms with Crippen molar-refractivity contribution < 1.29 is 18.0 Å². The molecule has 1 N–H and O–H groups in total. The van der Waals surface area contributed by atoms with E-state index in [2.05, 4.69) is 5.32 Å². The number of rotatable bonds is 4. The van der Waals surface area contributed by atoms with E-state index >= 15 is 0 Å². The van der Waals surface area contributed by atoms with Crippen LogP contribution in [0.3, 0.4) is 0 Å². The smallest absolute Gasteiger partial charge is 0.321 e. The third kappa shape index (κ3) is 4.94. The maximum Gasteiger partial charge on any atom is 0.321 e. The molecule has 2 aliphatic rings. The fraction of sp³-hybridized carbons (Fsp3) is 0.391. The third-order valence-corrected chi connectivity index (χ3v) is 8.00. The van der Waals surface area contributed by atoms with Gasteiger partial charge in [-0.25, -0.2) is 13.2 Å². The normalized spacial score (nSPS) is 18.4. The summed E-state index contributed by atoms with van der Waals surface area (Å²) in [5.41, 5.74) is 0.749. The Balaban J connectivity index is 1.26. The van der Waals surface area contributed by atoms with Crippen molar-refractivity contribution in [2.75, 3.05) is 44.6 Å². The molecule has 0 bridgehead atoms. The van der Waals surface area contributed by atoms with Gasteiger partial charge in [0.25, 0.3) is 0 Å². The molecule has 9 heteroatoms. The first-order valence-corrected chi connectivity index (χ1v) is 12.3. The first-order chi connectivity index (χ1) is 15.4. The first-order valence-electron chi connectivity index (χ1n) is 10.9. The predicted molar refractivity (Wildman–Crippen MR) is 122 cm³/mol. The van der Waals surface area contributed by atoms with Gasteiger partial charge < -0.3 is 15.1 Å². The summed E-state index contributed by atoms with van der Waals surface area (Å²) in [6.07, 6.45) is 1.23. The van der Waals surface area contributed by atoms with Crippen LogP contribution in [-0.4, -0.2) is 73.7 Å². The fourth-order valence-electron chi connectivity index (χ4n) is 4.20. The minimum Gasteiger partial charge on any atom is -0.340 e. The third-order valence-electron chi connectivity index (χ3n) is 6.09. The standard InChI is InChI=1S/C23H28N4O4S/c28-22(19-11-13-26(14-12-19)23(29)24-20-7-3-1-4-8-20)25-15-17-27(18-16-25)32(30,31)21-9-5-2-6-10-21/h1-10,19H,11-18H2,(H,24,29). The minimum atomic E-state index is -3.53. The lowest BCUT2D eigenvalue weighted by molar-refractivity contribution is -0.138. The Bertz CT molecular complexity index is 1030. The molecule has 8 nitrogen and oxygen atoms in total. The topological polar surface area (TPSA) is 90.0 Å². The van der Waals surface area contributed by atoms with Crippen LogP contribution in [0, 0.1) is 5.92 Å². The lowest BCUT2D eigenvalue weighted by atomic mass is 9.95. The van der Waals surface area contributed by atoms with E-state index in [0.29, 0.717) is 52.1 Å². The number of sulfonamides is 1. The zero-order valence-electron chi connectivity index (χ0n) is 17.9. The summed E-state index contributed by atoms with van der Waals surface area (Å²) in [6.45, 7) is 2.41. The first kappa shape index (κ1) is 22.3. The van der Waals surface area contributed by atoms with Gasteiger partial charge in [-0.15, -0.1) is 0 Å². The molecule has 0 aromatic heterocycles. The Labute approximate surface area is 188 Å². The van der Waals surface area contributed by atoms with E-state index < -0.39 is 10.0 Å². The number of piperidine rings is 1. The highest BCUT2D eigenvalue weighted by molar-refractivity contribution is 7.89. The Hall–Kier alpha value is -2.91. The van der Waals surface area contributed by atoms with Gasteiger partial charge in [0.1, 0.15) is 0 Å². The van der Waals surface area contributed by atoms with Crippen LogP contribution < -0.4 is 5.32 Å². The average molecular weight is 457 g/mol. The molecular formula is C23H28N4O4S. The fourth-order valence-corrected chi connectivity index (χ4v) is 5.65. The number of urea groups is 1. The van der Waals surface area contributed by atoms with Gasteiger partial charge in [-0.1, -0.05) is 36.4 Å². The van der Waals surface area contributed by atoms with Crippen LogP contribution in [0.4, 0.5) is 10.5 Å². The lowest BCUT2D eigenvalue weighted by Crippen LogP contribution is -2.53. The molecule has 0 radical (unpaired) electrons. The van der Waals surface area contributed by atoms with E-state index in [1.807, 2.05) is 30.3 Å². The van der Waals surface area contributed by atoms with Gasteiger partial charge in [0.15, 0.2) is 0 Å². The van der Waals surface area contributed by atoms with E-state index in [1.54, 1.807) is 40.1 Å². The van der Waals surface area contributed by atoms with Crippen LogP contribution in [0.5, 0.6) is 0 Å². The van der Waals surface area contributed by atoms with Crippen LogP contribution in [0.2, 0.25) is 0 Å². The van der Waals surface area contributed by atoms with Crippen molar-refractivity contribution in [2.45, 2.75) is 17.7 Å². The molecule has 0 saturated carbocycles. The summed E-state index contributed by atoms with van der Waals surface area (Å²) < 4.78 is 27.0. The zero-order chi connectivity index (χ0) is 22.6. The number of hydrogen-bond acceptors (Lipinski definition) is 4. The van der Waals surface area contributed by atoms with Crippen molar-refractivity contribution in [1.82, 2.24) is 14.1 Å². The molecule has 2 heterocycles. The van der Waals surface area contributed by atoms with Crippen LogP contribution in [0.25, 0.3) is 0 Å². The van der Waals surface area contributed by atoms with Crippen molar-refractivity contribution in [3.8, 4) is 0 Å². The van der Waals surface area contributed by atoms with Crippen LogP contribution >= 0.6 is 0 Å². The van der Waals surface area contributed by atoms with Crippen molar-refractivity contribution in [3.05, 3.63) is 60.7 Å². The largest absolute Gasteiger partial charge is 0.340 e. The summed E-state index contributed by atoms with van der Waals surface area (Å²) in [5.74, 6) is -0.0714. The Morgan fingerprint density at radius 2 is 1.31 bits per heavy atom. The molecule has 0 aliphatic carbocycles. The number of anilines is 1. The van der Waals surface area contributed by atoms with Gasteiger partial charge in [0, 0.05) is 50.9 Å². The molecule has 2 aromatic carbocycles. The van der Waals surface area contributed by atoms with Gasteiger partial charge in [-0.2, -0.15) is 4.31 Å². The second-order valence-electron chi connectivity index (χ2n) is 8.10. The molecule has 2 aromatic rings. The maximum absolute atomic E-state index is 13.0. The summed E-state index contributed by atoms with van der Waals surface area (Å²) >= 11 is 0. The summed E-state index contributed by atoms with van der Waals surface area (Å²) in [6, 6.07) is 17.5. The molecule has 0 unspecified atom stereocenters. The van der Waals surface area contributed by atoms with E-state index in [9.17, 15) is 18.0 Å². The number of nitrogens with one attached hydrogen (secondary N) is 1. The van der Waals surface area contributed by atoms with Gasteiger partial charge in [-0.3, -0.25) is 4.79 Å². The number of para-hydroxylation sites is 1. The SMILES string of the molecule is O=C(Nc1ccccc1)N1CCC(C(=O)N2CCN(S(=O)(=O)c3ccccc3)CC2)CC1. The lowest BCUT2D eigenvalue weighted by Gasteiger charge is -2.38. The number of piperazine rings is 1. The number of benzene rings is 2. The van der Waals surface area contributed by atoms with Crippen LogP contribution in [0.1, 0.15) is 12.8 Å². The summed E-state index contributed by atoms with van der Waals surface area (Å²) in [5, 5.41) is 2.88. The Kier molecular flexibility index (Phi) is 6.76. The molecule has 0 spiro atoms. The number of carbonyl (C=O) groups excluding carboxylic acids is 2. The highest BCUT2D eigenvalue weighted by atomic mass is 32.2. The van der Waals surface area contributed by atoms with Crippen LogP contribution in [0.15, 0.2) is 65.6 Å². The minimum absolute atomic E-state index is 0.0601. The number of hydrogen-bond donors (Lipinski definition) is 1. The van der Waals surface area contributed by atoms with Gasteiger partial charge in [0.2, 0.25) is 15.9 Å². The molecule has 2 aliphatic heterocycles. The van der Waals surface area contributed by atoms with Crippen molar-refractivity contribution >= 4 is 27.6 Å².